The molecule has 5 rings (SSSR count). The maximum absolute atomic E-state index is 13.9. The molecule has 34 heavy (non-hydrogen) atoms. The van der Waals surface area contributed by atoms with E-state index < -0.39 is 34.6 Å². The number of hydrogen-bond acceptors (Lipinski definition) is 5. The number of nitrogens with zero attached hydrogens (tertiary/aromatic N) is 3. The second kappa shape index (κ2) is 8.50. The predicted octanol–water partition coefficient (Wildman–Crippen LogP) is 2.05. The Morgan fingerprint density at radius 1 is 1.21 bits per heavy atom. The van der Waals surface area contributed by atoms with Crippen LogP contribution in [-0.4, -0.2) is 56.6 Å². The molecule has 2 amide bonds. The number of aromatic nitrogens is 1. The van der Waals surface area contributed by atoms with Gasteiger partial charge in [-0.25, -0.2) is 8.78 Å². The molecular weight excluding hydrogens is 446 g/mol. The number of halogens is 2. The van der Waals surface area contributed by atoms with Crippen molar-refractivity contribution >= 4 is 11.8 Å². The van der Waals surface area contributed by atoms with Crippen molar-refractivity contribution in [3.8, 4) is 5.75 Å². The van der Waals surface area contributed by atoms with E-state index in [0.29, 0.717) is 18.5 Å². The molecule has 2 fully saturated rings. The van der Waals surface area contributed by atoms with Gasteiger partial charge in [0, 0.05) is 43.5 Å². The highest BCUT2D eigenvalue weighted by molar-refractivity contribution is 5.99. The Morgan fingerprint density at radius 3 is 2.68 bits per heavy atom. The fraction of sp³-hybridized carbons (Fsp3) is 0.458. The lowest BCUT2D eigenvalue weighted by molar-refractivity contribution is -0.0342. The molecule has 0 radical (unpaired) electrons. The Labute approximate surface area is 194 Å². The second-order valence-electron chi connectivity index (χ2n) is 9.41. The van der Waals surface area contributed by atoms with Crippen LogP contribution in [0.15, 0.2) is 29.2 Å². The van der Waals surface area contributed by atoms with E-state index in [0.717, 1.165) is 25.6 Å². The van der Waals surface area contributed by atoms with Gasteiger partial charge in [0.05, 0.1) is 6.54 Å². The number of aromatic hydroxyl groups is 1. The van der Waals surface area contributed by atoms with Gasteiger partial charge in [-0.05, 0) is 38.2 Å². The molecule has 180 valence electrons. The van der Waals surface area contributed by atoms with Crippen LogP contribution in [0.1, 0.15) is 52.6 Å². The SMILES string of the molecule is C[C@H]1CCN(CC2CC2)[C@@H]2Cn3cc(C(=O)NCc4ccc(F)cc4F)c(=O)c(O)c3C(=O)N12. The highest BCUT2D eigenvalue weighted by Crippen LogP contribution is 2.35. The normalized spacial score (nSPS) is 22.3. The van der Waals surface area contributed by atoms with Gasteiger partial charge in [-0.15, -0.1) is 0 Å². The highest BCUT2D eigenvalue weighted by atomic mass is 19.1. The monoisotopic (exact) mass is 472 g/mol. The lowest BCUT2D eigenvalue weighted by Crippen LogP contribution is -2.64. The Bertz CT molecular complexity index is 1230. The Balaban J connectivity index is 1.43. The summed E-state index contributed by atoms with van der Waals surface area (Å²) in [5, 5.41) is 13.1. The minimum Gasteiger partial charge on any atom is -0.503 e. The average Bonchev–Trinajstić information content (AvgIpc) is 3.61. The van der Waals surface area contributed by atoms with Crippen molar-refractivity contribution in [2.45, 2.75) is 51.5 Å². The smallest absolute Gasteiger partial charge is 0.276 e. The van der Waals surface area contributed by atoms with Crippen LogP contribution in [0.3, 0.4) is 0 Å². The zero-order valence-electron chi connectivity index (χ0n) is 18.8. The Hall–Kier alpha value is -3.27. The molecule has 0 unspecified atom stereocenters. The van der Waals surface area contributed by atoms with Crippen LogP contribution >= 0.6 is 0 Å². The lowest BCUT2D eigenvalue weighted by Gasteiger charge is -2.50. The molecule has 1 saturated carbocycles. The van der Waals surface area contributed by atoms with Gasteiger partial charge in [-0.1, -0.05) is 6.07 Å². The summed E-state index contributed by atoms with van der Waals surface area (Å²) in [6.45, 7) is 3.75. The summed E-state index contributed by atoms with van der Waals surface area (Å²) in [4.78, 5) is 42.9. The first-order valence-corrected chi connectivity index (χ1v) is 11.5. The van der Waals surface area contributed by atoms with E-state index in [1.165, 1.54) is 29.7 Å². The Kier molecular flexibility index (Phi) is 5.63. The van der Waals surface area contributed by atoms with Gasteiger partial charge in [0.2, 0.25) is 5.43 Å². The lowest BCUT2D eigenvalue weighted by atomic mass is 10.0. The molecule has 8 nitrogen and oxygen atoms in total. The number of pyridine rings is 1. The van der Waals surface area contributed by atoms with Gasteiger partial charge >= 0.3 is 0 Å². The van der Waals surface area contributed by atoms with Gasteiger partial charge in [-0.2, -0.15) is 0 Å². The molecule has 2 aliphatic heterocycles. The summed E-state index contributed by atoms with van der Waals surface area (Å²) in [7, 11) is 0. The summed E-state index contributed by atoms with van der Waals surface area (Å²) < 4.78 is 28.5. The fourth-order valence-electron chi connectivity index (χ4n) is 4.91. The molecule has 1 aromatic carbocycles. The Morgan fingerprint density at radius 2 is 1.97 bits per heavy atom. The predicted molar refractivity (Wildman–Crippen MR) is 118 cm³/mol. The summed E-state index contributed by atoms with van der Waals surface area (Å²) in [6, 6.07) is 2.94. The molecule has 1 aromatic heterocycles. The molecule has 1 aliphatic carbocycles. The van der Waals surface area contributed by atoms with Gasteiger partial charge in [0.15, 0.2) is 11.4 Å². The van der Waals surface area contributed by atoms with Crippen molar-refractivity contribution in [2.24, 2.45) is 5.92 Å². The van der Waals surface area contributed by atoms with Crippen molar-refractivity contribution < 1.29 is 23.5 Å². The molecule has 0 spiro atoms. The maximum atomic E-state index is 13.9. The van der Waals surface area contributed by atoms with Crippen LogP contribution in [0.5, 0.6) is 5.75 Å². The first-order chi connectivity index (χ1) is 16.2. The number of amides is 2. The van der Waals surface area contributed by atoms with Crippen molar-refractivity contribution in [1.29, 1.82) is 0 Å². The van der Waals surface area contributed by atoms with E-state index in [2.05, 4.69) is 10.2 Å². The first-order valence-electron chi connectivity index (χ1n) is 11.5. The average molecular weight is 472 g/mol. The van der Waals surface area contributed by atoms with Crippen LogP contribution < -0.4 is 10.7 Å². The quantitative estimate of drug-likeness (QED) is 0.695. The molecular formula is C24H26F2N4O4. The van der Waals surface area contributed by atoms with Gasteiger partial charge < -0.3 is 19.9 Å². The van der Waals surface area contributed by atoms with E-state index in [9.17, 15) is 28.3 Å². The summed E-state index contributed by atoms with van der Waals surface area (Å²) in [5.41, 5.74) is -1.38. The van der Waals surface area contributed by atoms with Crippen molar-refractivity contribution in [2.75, 3.05) is 13.1 Å². The molecule has 2 aromatic rings. The van der Waals surface area contributed by atoms with E-state index in [4.69, 9.17) is 0 Å². The molecule has 1 saturated heterocycles. The number of rotatable bonds is 5. The van der Waals surface area contributed by atoms with Gasteiger partial charge in [0.1, 0.15) is 23.4 Å². The first kappa shape index (κ1) is 22.5. The molecule has 0 bridgehead atoms. The van der Waals surface area contributed by atoms with Crippen LogP contribution in [0, 0.1) is 17.6 Å². The number of hydrogen-bond donors (Lipinski definition) is 2. The highest BCUT2D eigenvalue weighted by Gasteiger charge is 2.44. The van der Waals surface area contributed by atoms with Crippen LogP contribution in [-0.2, 0) is 13.1 Å². The number of benzene rings is 1. The molecule has 2 N–H and O–H groups in total. The van der Waals surface area contributed by atoms with Crippen LogP contribution in [0.25, 0.3) is 0 Å². The van der Waals surface area contributed by atoms with E-state index in [1.807, 2.05) is 6.92 Å². The van der Waals surface area contributed by atoms with Crippen LogP contribution in [0.4, 0.5) is 8.78 Å². The summed E-state index contributed by atoms with van der Waals surface area (Å²) in [5.74, 6) is -2.95. The van der Waals surface area contributed by atoms with Crippen molar-refractivity contribution in [3.05, 3.63) is 63.1 Å². The van der Waals surface area contributed by atoms with Gasteiger partial charge in [0.25, 0.3) is 11.8 Å². The second-order valence-corrected chi connectivity index (χ2v) is 9.41. The van der Waals surface area contributed by atoms with Gasteiger partial charge in [-0.3, -0.25) is 19.3 Å². The van der Waals surface area contributed by atoms with Crippen LogP contribution in [0.2, 0.25) is 0 Å². The third-order valence-corrected chi connectivity index (χ3v) is 6.99. The maximum Gasteiger partial charge on any atom is 0.276 e. The summed E-state index contributed by atoms with van der Waals surface area (Å²) >= 11 is 0. The molecule has 3 heterocycles. The van der Waals surface area contributed by atoms with E-state index >= 15 is 0 Å². The minimum absolute atomic E-state index is 0.0372. The zero-order valence-corrected chi connectivity index (χ0v) is 18.8. The fourth-order valence-corrected chi connectivity index (χ4v) is 4.91. The topological polar surface area (TPSA) is 94.9 Å². The number of carbonyl (C=O) groups excluding carboxylic acids is 2. The zero-order chi connectivity index (χ0) is 24.1. The van der Waals surface area contributed by atoms with E-state index in [1.54, 1.807) is 4.90 Å². The number of carbonyl (C=O) groups is 2. The third kappa shape index (κ3) is 3.96. The van der Waals surface area contributed by atoms with Crippen molar-refractivity contribution in [1.82, 2.24) is 19.7 Å². The molecule has 10 heteroatoms. The standard InChI is InChI=1S/C24H26F2N4O4/c1-13-6-7-28(10-14-2-3-14)19-12-29-11-17(21(31)22(32)20(29)24(34)30(13)19)23(33)27-9-15-4-5-16(25)8-18(15)26/h4-5,8,11,13-14,19,32H,2-3,6-7,9-10,12H2,1H3,(H,27,33)/t13-,19-/m0/s1. The third-order valence-electron chi connectivity index (χ3n) is 6.99. The van der Waals surface area contributed by atoms with Crippen molar-refractivity contribution in [3.63, 3.8) is 0 Å². The molecule has 2 atom stereocenters. The number of fused-ring (bicyclic) bond motifs is 2. The molecule has 3 aliphatic rings. The number of nitrogens with one attached hydrogen (secondary N) is 1. The minimum atomic E-state index is -0.963. The largest absolute Gasteiger partial charge is 0.503 e. The van der Waals surface area contributed by atoms with E-state index in [-0.39, 0.29) is 35.6 Å². The summed E-state index contributed by atoms with van der Waals surface area (Å²) in [6.07, 6.45) is 4.22.